The quantitative estimate of drug-likeness (QED) is 0.151. The van der Waals surface area contributed by atoms with E-state index in [2.05, 4.69) is 32.6 Å². The molecule has 1 aliphatic carbocycles. The Bertz CT molecular complexity index is 997. The molecule has 1 heterocycles. The Morgan fingerprint density at radius 1 is 1.09 bits per heavy atom. The molecule has 9 heteroatoms. The number of nitrogens with zero attached hydrogens (tertiary/aromatic N) is 1. The van der Waals surface area contributed by atoms with E-state index in [4.69, 9.17) is 19.0 Å². The summed E-state index contributed by atoms with van der Waals surface area (Å²) in [5, 5.41) is 0. The van der Waals surface area contributed by atoms with Crippen molar-refractivity contribution in [3.63, 3.8) is 0 Å². The van der Waals surface area contributed by atoms with Crippen molar-refractivity contribution in [3.05, 3.63) is 15.8 Å². The molecule has 0 saturated heterocycles. The van der Waals surface area contributed by atoms with Crippen molar-refractivity contribution in [1.82, 2.24) is 0 Å². The molecule has 43 heavy (non-hydrogen) atoms. The SMILES string of the molecule is C=O.CC(=O)OC1CCCCC1C.CCCOCCC.COC(=O)c1sc(C#CC(C)(C)C)cc1N(C)CC(=O)C(C)C. The van der Waals surface area contributed by atoms with E-state index in [1.165, 1.54) is 44.6 Å². The first-order chi connectivity index (χ1) is 20.2. The Hall–Kier alpha value is -2.70. The number of thiophene rings is 1. The van der Waals surface area contributed by atoms with E-state index in [-0.39, 0.29) is 35.7 Å². The maximum atomic E-state index is 12.0. The van der Waals surface area contributed by atoms with E-state index in [0.29, 0.717) is 16.5 Å². The second kappa shape index (κ2) is 23.7. The first-order valence-electron chi connectivity index (χ1n) is 15.2. The summed E-state index contributed by atoms with van der Waals surface area (Å²) in [6.07, 6.45) is 7.24. The van der Waals surface area contributed by atoms with Gasteiger partial charge in [-0.25, -0.2) is 4.79 Å². The van der Waals surface area contributed by atoms with Crippen molar-refractivity contribution in [2.45, 2.75) is 107 Å². The highest BCUT2D eigenvalue weighted by Crippen LogP contribution is 2.31. The molecule has 0 amide bonds. The molecular formula is C34H57NO7S. The van der Waals surface area contributed by atoms with Gasteiger partial charge in [0.05, 0.1) is 24.2 Å². The molecule has 8 nitrogen and oxygen atoms in total. The lowest BCUT2D eigenvalue weighted by Crippen LogP contribution is -2.29. The van der Waals surface area contributed by atoms with Gasteiger partial charge in [-0.2, -0.15) is 0 Å². The van der Waals surface area contributed by atoms with Gasteiger partial charge in [-0.15, -0.1) is 11.3 Å². The van der Waals surface area contributed by atoms with Crippen LogP contribution in [0.25, 0.3) is 0 Å². The summed E-state index contributed by atoms with van der Waals surface area (Å²) in [6.45, 7) is 21.8. The summed E-state index contributed by atoms with van der Waals surface area (Å²) < 4.78 is 15.1. The lowest BCUT2D eigenvalue weighted by Gasteiger charge is -2.27. The zero-order chi connectivity index (χ0) is 33.6. The molecule has 2 rings (SSSR count). The number of Topliss-reactive ketones (excluding diaryl/α,β-unsaturated/α-hetero) is 1. The number of ether oxygens (including phenoxy) is 3. The third-order valence-electron chi connectivity index (χ3n) is 6.14. The summed E-state index contributed by atoms with van der Waals surface area (Å²) in [7, 11) is 3.15. The van der Waals surface area contributed by atoms with E-state index >= 15 is 0 Å². The number of methoxy groups -OCH3 is 1. The van der Waals surface area contributed by atoms with Crippen molar-refractivity contribution in [1.29, 1.82) is 0 Å². The number of hydrogen-bond donors (Lipinski definition) is 0. The molecular weight excluding hydrogens is 566 g/mol. The average molecular weight is 624 g/mol. The van der Waals surface area contributed by atoms with Crippen LogP contribution in [-0.2, 0) is 28.6 Å². The summed E-state index contributed by atoms with van der Waals surface area (Å²) in [5.41, 5.74) is 0.573. The number of ketones is 1. The minimum Gasteiger partial charge on any atom is -0.465 e. The van der Waals surface area contributed by atoms with Gasteiger partial charge in [-0.1, -0.05) is 52.9 Å². The Morgan fingerprint density at radius 3 is 2.09 bits per heavy atom. The van der Waals surface area contributed by atoms with Gasteiger partial charge >= 0.3 is 11.9 Å². The highest BCUT2D eigenvalue weighted by Gasteiger charge is 2.23. The number of esters is 2. The van der Waals surface area contributed by atoms with Gasteiger partial charge in [0.1, 0.15) is 17.8 Å². The van der Waals surface area contributed by atoms with Crippen molar-refractivity contribution in [2.24, 2.45) is 17.3 Å². The van der Waals surface area contributed by atoms with Crippen LogP contribution in [0.2, 0.25) is 0 Å². The number of carbonyl (C=O) groups excluding carboxylic acids is 4. The maximum Gasteiger partial charge on any atom is 0.350 e. The Morgan fingerprint density at radius 2 is 1.65 bits per heavy atom. The van der Waals surface area contributed by atoms with Crippen molar-refractivity contribution in [3.8, 4) is 11.8 Å². The fourth-order valence-electron chi connectivity index (χ4n) is 3.78. The van der Waals surface area contributed by atoms with Gasteiger partial charge in [0.25, 0.3) is 0 Å². The smallest absolute Gasteiger partial charge is 0.350 e. The molecule has 246 valence electrons. The molecule has 1 aromatic heterocycles. The van der Waals surface area contributed by atoms with E-state index in [0.717, 1.165) is 37.4 Å². The van der Waals surface area contributed by atoms with Crippen LogP contribution in [0.1, 0.15) is 115 Å². The first kappa shape index (κ1) is 42.4. The van der Waals surface area contributed by atoms with Crippen molar-refractivity contribution >= 4 is 41.5 Å². The number of likely N-dealkylation sites (N-methyl/N-ethyl adjacent to an activating group) is 1. The summed E-state index contributed by atoms with van der Waals surface area (Å²) in [6, 6.07) is 1.85. The zero-order valence-corrected chi connectivity index (χ0v) is 29.4. The number of hydrogen-bond acceptors (Lipinski definition) is 9. The first-order valence-corrected chi connectivity index (χ1v) is 16.0. The summed E-state index contributed by atoms with van der Waals surface area (Å²) >= 11 is 1.30. The maximum absolute atomic E-state index is 12.0. The molecule has 2 atom stereocenters. The molecule has 0 radical (unpaired) electrons. The second-order valence-corrected chi connectivity index (χ2v) is 12.9. The van der Waals surface area contributed by atoms with E-state index in [9.17, 15) is 14.4 Å². The highest BCUT2D eigenvalue weighted by molar-refractivity contribution is 7.15. The van der Waals surface area contributed by atoms with Crippen LogP contribution < -0.4 is 4.90 Å². The lowest BCUT2D eigenvalue weighted by molar-refractivity contribution is -0.150. The molecule has 0 spiro atoms. The second-order valence-electron chi connectivity index (χ2n) is 11.8. The predicted octanol–water partition coefficient (Wildman–Crippen LogP) is 7.36. The molecule has 0 bridgehead atoms. The molecule has 0 N–H and O–H groups in total. The summed E-state index contributed by atoms with van der Waals surface area (Å²) in [4.78, 5) is 45.6. The molecule has 0 aromatic carbocycles. The van der Waals surface area contributed by atoms with Crippen molar-refractivity contribution < 1.29 is 33.4 Å². The van der Waals surface area contributed by atoms with Gasteiger partial charge in [0.15, 0.2) is 5.78 Å². The van der Waals surface area contributed by atoms with Crippen LogP contribution in [0.5, 0.6) is 0 Å². The van der Waals surface area contributed by atoms with Crippen LogP contribution in [-0.4, -0.2) is 64.5 Å². The minimum atomic E-state index is -0.405. The fourth-order valence-corrected chi connectivity index (χ4v) is 4.76. The standard InChI is InChI=1S/C18H25NO3S.C9H16O2.C6H14O.CH2O/c1-12(2)15(20)11-19(6)14-10-13(8-9-18(3,4)5)23-16(14)17(21)22-7;1-7-5-3-4-6-9(7)11-8(2)10;1-3-5-7-6-4-2;1-2/h10,12H,11H2,1-7H3;7,9H,3-6H2,1-2H3;3-6H2,1-2H3;1H2. The van der Waals surface area contributed by atoms with Gasteiger partial charge in [-0.05, 0) is 64.9 Å². The van der Waals surface area contributed by atoms with E-state index in [1.807, 2.05) is 47.5 Å². The Balaban J connectivity index is 0. The van der Waals surface area contributed by atoms with Gasteiger partial charge in [-0.3, -0.25) is 9.59 Å². The predicted molar refractivity (Wildman–Crippen MR) is 177 cm³/mol. The monoisotopic (exact) mass is 623 g/mol. The van der Waals surface area contributed by atoms with Crippen LogP contribution >= 0.6 is 11.3 Å². The lowest BCUT2D eigenvalue weighted by atomic mass is 9.88. The third kappa shape index (κ3) is 20.0. The third-order valence-corrected chi connectivity index (χ3v) is 7.16. The zero-order valence-electron chi connectivity index (χ0n) is 28.6. The van der Waals surface area contributed by atoms with Gasteiger partial charge < -0.3 is 23.9 Å². The molecule has 1 fully saturated rings. The number of rotatable bonds is 10. The van der Waals surface area contributed by atoms with Crippen LogP contribution in [0.15, 0.2) is 6.07 Å². The summed E-state index contributed by atoms with van der Waals surface area (Å²) in [5.74, 6) is 6.36. The highest BCUT2D eigenvalue weighted by atomic mass is 32.1. The topological polar surface area (TPSA) is 99.2 Å². The fraction of sp³-hybridized carbons (Fsp3) is 0.706. The Kier molecular flexibility index (Phi) is 23.4. The molecule has 1 aromatic rings. The largest absolute Gasteiger partial charge is 0.465 e. The Labute approximate surface area is 265 Å². The molecule has 1 aliphatic rings. The van der Waals surface area contributed by atoms with Crippen molar-refractivity contribution in [2.75, 3.05) is 38.8 Å². The normalized spacial score (nSPS) is 15.5. The van der Waals surface area contributed by atoms with Crippen LogP contribution in [0, 0.1) is 29.1 Å². The van der Waals surface area contributed by atoms with Gasteiger partial charge in [0.2, 0.25) is 0 Å². The number of anilines is 1. The van der Waals surface area contributed by atoms with E-state index in [1.54, 1.807) is 11.9 Å². The minimum absolute atomic E-state index is 0.0437. The van der Waals surface area contributed by atoms with E-state index < -0.39 is 5.97 Å². The number of carbonyl (C=O) groups is 4. The molecule has 2 unspecified atom stereocenters. The van der Waals surface area contributed by atoms with Gasteiger partial charge in [0, 0.05) is 38.5 Å². The molecule has 1 saturated carbocycles. The van der Waals surface area contributed by atoms with Crippen LogP contribution in [0.3, 0.4) is 0 Å². The average Bonchev–Trinajstić information content (AvgIpc) is 3.39. The van der Waals surface area contributed by atoms with Crippen LogP contribution in [0.4, 0.5) is 5.69 Å². The molecule has 0 aliphatic heterocycles.